The molecule has 0 N–H and O–H groups in total. The van der Waals surface area contributed by atoms with E-state index in [1.165, 1.54) is 118 Å². The maximum Gasteiger partial charge on any atom is 0.333 e. The van der Waals surface area contributed by atoms with E-state index < -0.39 is 0 Å². The number of furan rings is 1. The number of aromatic nitrogens is 1. The molecule has 3 nitrogen and oxygen atoms in total. The monoisotopic (exact) mass is 914 g/mol. The van der Waals surface area contributed by atoms with Crippen LogP contribution in [0.3, 0.4) is 0 Å². The van der Waals surface area contributed by atoms with E-state index in [2.05, 4.69) is 217 Å². The first-order valence-corrected chi connectivity index (χ1v) is 25.7. The number of rotatable bonds is 2. The summed E-state index contributed by atoms with van der Waals surface area (Å²) >= 11 is 3.89. The van der Waals surface area contributed by atoms with Crippen LogP contribution < -0.4 is 15.7 Å². The summed E-state index contributed by atoms with van der Waals surface area (Å²) in [6.07, 6.45) is 0. The summed E-state index contributed by atoms with van der Waals surface area (Å²) < 4.78 is 14.9. The number of hydrogen-bond acceptors (Lipinski definition) is 4. The van der Waals surface area contributed by atoms with Crippen molar-refractivity contribution in [1.29, 1.82) is 0 Å². The molecule has 0 saturated carbocycles. The fourth-order valence-corrected chi connectivity index (χ4v) is 14.1. The summed E-state index contributed by atoms with van der Waals surface area (Å²) in [5.74, 6) is 0.885. The zero-order chi connectivity index (χ0) is 46.3. The molecular weight excluding hydrogens is 864 g/mol. The zero-order valence-corrected chi connectivity index (χ0v) is 41.7. The number of hydrogen-bond donors (Lipinski definition) is 0. The second kappa shape index (κ2) is 13.6. The van der Waals surface area contributed by atoms with E-state index in [-0.39, 0.29) is 23.1 Å². The lowest BCUT2D eigenvalue weighted by atomic mass is 9.43. The highest BCUT2D eigenvalue weighted by atomic mass is 32.1. The van der Waals surface area contributed by atoms with Crippen molar-refractivity contribution in [3.05, 3.63) is 162 Å². The number of nitrogens with zero attached hydrogens (tertiary/aromatic N) is 2. The van der Waals surface area contributed by atoms with Gasteiger partial charge in [0.1, 0.15) is 11.3 Å². The van der Waals surface area contributed by atoms with Crippen LogP contribution in [0.15, 0.2) is 150 Å². The first kappa shape index (κ1) is 40.5. The molecule has 0 spiro atoms. The van der Waals surface area contributed by atoms with Crippen molar-refractivity contribution in [1.82, 2.24) is 4.57 Å². The van der Waals surface area contributed by atoms with E-state index in [4.69, 9.17) is 4.42 Å². The molecule has 6 heterocycles. The molecule has 14 rings (SSSR count). The second-order valence-electron chi connectivity index (χ2n) is 22.6. The predicted molar refractivity (Wildman–Crippen MR) is 297 cm³/mol. The molecule has 12 aromatic rings. The first-order valence-electron chi connectivity index (χ1n) is 24.1. The lowest BCUT2D eigenvalue weighted by Gasteiger charge is -2.42. The number of anilines is 2. The Kier molecular flexibility index (Phi) is 8.07. The second-order valence-corrected chi connectivity index (χ2v) is 24.7. The van der Waals surface area contributed by atoms with Gasteiger partial charge in [-0.2, -0.15) is 0 Å². The fraction of sp³-hybridized carbons (Fsp3) is 0.194. The van der Waals surface area contributed by atoms with E-state index in [0.29, 0.717) is 0 Å². The Bertz CT molecular complexity index is 4140. The zero-order valence-electron chi connectivity index (χ0n) is 40.1. The van der Waals surface area contributed by atoms with E-state index in [0.717, 1.165) is 22.3 Å². The van der Waals surface area contributed by atoms with E-state index in [1.54, 1.807) is 0 Å². The van der Waals surface area contributed by atoms with Gasteiger partial charge in [0.15, 0.2) is 0 Å². The van der Waals surface area contributed by atoms with Gasteiger partial charge in [0.2, 0.25) is 0 Å². The van der Waals surface area contributed by atoms with Crippen LogP contribution in [0.2, 0.25) is 0 Å². The topological polar surface area (TPSA) is 21.3 Å². The third-order valence-electron chi connectivity index (χ3n) is 15.2. The average molecular weight is 915 g/mol. The number of fused-ring (bicyclic) bond motifs is 17. The van der Waals surface area contributed by atoms with E-state index in [1.807, 2.05) is 22.7 Å². The normalized spacial score (nSPS) is 13.9. The molecule has 68 heavy (non-hydrogen) atoms. The smallest absolute Gasteiger partial charge is 0.333 e. The molecule has 4 aromatic heterocycles. The molecule has 0 saturated heterocycles. The molecule has 0 aliphatic carbocycles. The van der Waals surface area contributed by atoms with Crippen LogP contribution in [0.25, 0.3) is 101 Å². The molecule has 2 aliphatic heterocycles. The van der Waals surface area contributed by atoms with Crippen LogP contribution >= 0.6 is 22.7 Å². The Labute approximate surface area is 405 Å². The summed E-state index contributed by atoms with van der Waals surface area (Å²) in [7, 11) is 0. The molecule has 0 atom stereocenters. The van der Waals surface area contributed by atoms with Crippen molar-refractivity contribution in [2.24, 2.45) is 0 Å². The van der Waals surface area contributed by atoms with Gasteiger partial charge >= 0.3 is 6.85 Å². The van der Waals surface area contributed by atoms with Crippen LogP contribution in [0.5, 0.6) is 0 Å². The Morgan fingerprint density at radius 3 is 1.97 bits per heavy atom. The van der Waals surface area contributed by atoms with Crippen molar-refractivity contribution < 1.29 is 4.42 Å². The molecule has 8 aromatic carbocycles. The molecule has 6 heteroatoms. The number of thiophene rings is 2. The highest BCUT2D eigenvalue weighted by molar-refractivity contribution is 7.27. The Morgan fingerprint density at radius 1 is 0.515 bits per heavy atom. The maximum absolute atomic E-state index is 6.92. The SMILES string of the molecule is CC(C)(C)c1ccc(N2B3c4cc5oc(-c6ccccc6)cc5cc4-n4c5ccc(C(C)(C)C)cc5c5c6sc7ccccc7c6c(c3c54)-c3cc4c(cc32)sc2cc(C(C)(C)C)ccc24)cc1. The molecular formula is C62H51BN2OS2. The molecule has 0 radical (unpaired) electrons. The summed E-state index contributed by atoms with van der Waals surface area (Å²) in [4.78, 5) is 2.70. The van der Waals surface area contributed by atoms with Gasteiger partial charge in [-0.05, 0) is 116 Å². The van der Waals surface area contributed by atoms with Gasteiger partial charge in [0, 0.05) is 84.7 Å². The van der Waals surface area contributed by atoms with Crippen molar-refractivity contribution >= 4 is 125 Å². The highest BCUT2D eigenvalue weighted by Gasteiger charge is 2.46. The minimum atomic E-state index is -0.161. The molecule has 0 unspecified atom stereocenters. The van der Waals surface area contributed by atoms with Gasteiger partial charge in [0.25, 0.3) is 0 Å². The Balaban J connectivity index is 1.19. The molecule has 330 valence electrons. The lowest BCUT2D eigenvalue weighted by molar-refractivity contribution is 0.590. The van der Waals surface area contributed by atoms with Gasteiger partial charge in [-0.3, -0.25) is 0 Å². The minimum absolute atomic E-state index is 0.0174. The third kappa shape index (κ3) is 5.59. The summed E-state index contributed by atoms with van der Waals surface area (Å²) in [6.45, 7) is 20.7. The van der Waals surface area contributed by atoms with E-state index >= 15 is 0 Å². The van der Waals surface area contributed by atoms with Crippen LogP contribution in [-0.4, -0.2) is 11.4 Å². The van der Waals surface area contributed by atoms with Crippen LogP contribution in [0, 0.1) is 0 Å². The number of benzene rings is 8. The van der Waals surface area contributed by atoms with Gasteiger partial charge in [-0.15, -0.1) is 22.7 Å². The van der Waals surface area contributed by atoms with Gasteiger partial charge < -0.3 is 13.8 Å². The first-order chi connectivity index (χ1) is 32.6. The van der Waals surface area contributed by atoms with Crippen LogP contribution in [0.4, 0.5) is 11.4 Å². The van der Waals surface area contributed by atoms with Gasteiger partial charge in [0.05, 0.1) is 11.0 Å². The van der Waals surface area contributed by atoms with Crippen molar-refractivity contribution in [2.75, 3.05) is 4.81 Å². The van der Waals surface area contributed by atoms with Crippen molar-refractivity contribution in [3.8, 4) is 28.1 Å². The highest BCUT2D eigenvalue weighted by Crippen LogP contribution is 2.55. The van der Waals surface area contributed by atoms with Crippen LogP contribution in [-0.2, 0) is 16.2 Å². The summed E-state index contributed by atoms with van der Waals surface area (Å²) in [5.41, 5.74) is 17.5. The van der Waals surface area contributed by atoms with Crippen molar-refractivity contribution in [2.45, 2.75) is 78.6 Å². The molecule has 0 bridgehead atoms. The van der Waals surface area contributed by atoms with Crippen molar-refractivity contribution in [3.63, 3.8) is 0 Å². The Hall–Kier alpha value is -6.60. The molecule has 0 amide bonds. The third-order valence-corrected chi connectivity index (χ3v) is 17.5. The fourth-order valence-electron chi connectivity index (χ4n) is 11.7. The Morgan fingerprint density at radius 2 is 1.21 bits per heavy atom. The van der Waals surface area contributed by atoms with Gasteiger partial charge in [-0.25, -0.2) is 0 Å². The quantitative estimate of drug-likeness (QED) is 0.161. The van der Waals surface area contributed by atoms with Gasteiger partial charge in [-0.1, -0.05) is 141 Å². The summed E-state index contributed by atoms with van der Waals surface area (Å²) in [5, 5.41) is 9.12. The van der Waals surface area contributed by atoms with E-state index in [9.17, 15) is 0 Å². The predicted octanol–water partition coefficient (Wildman–Crippen LogP) is 17.1. The standard InChI is InChI=1S/C62H51BN2OS2/c1-60(2,3)36-19-23-39(24-20-36)65-47-33-53-42(40-25-21-38(62(7,8)9)30-52(40)67-53)31-44(47)54-55-41-17-13-14-18-51(41)68-59(55)56-43-29-37(61(4,5)6)22-26-46(43)64-48-27-35-28-49(34-15-11-10-12-16-34)66-50(35)32-45(48)63(65)57(54)58(56)64/h10-33H,1-9H3. The maximum atomic E-state index is 6.92. The largest absolute Gasteiger partial charge is 0.456 e. The lowest BCUT2D eigenvalue weighted by Crippen LogP contribution is -2.60. The van der Waals surface area contributed by atoms with Crippen LogP contribution in [0.1, 0.15) is 79.0 Å². The molecule has 0 fully saturated rings. The average Bonchev–Trinajstić information content (AvgIpc) is 4.09. The minimum Gasteiger partial charge on any atom is -0.456 e. The summed E-state index contributed by atoms with van der Waals surface area (Å²) in [6, 6.07) is 55.8. The molecule has 2 aliphatic rings.